The molecular weight excluding hydrogens is 415 g/mol. The number of anilines is 1. The number of fused-ring (bicyclic) bond motifs is 1. The number of thiazole rings is 1. The van der Waals surface area contributed by atoms with Crippen molar-refractivity contribution in [1.82, 2.24) is 14.6 Å². The van der Waals surface area contributed by atoms with Gasteiger partial charge in [-0.05, 0) is 41.2 Å². The van der Waals surface area contributed by atoms with Crippen LogP contribution in [0.1, 0.15) is 31.2 Å². The molecule has 1 aromatic carbocycles. The van der Waals surface area contributed by atoms with Gasteiger partial charge in [0, 0.05) is 25.7 Å². The highest BCUT2D eigenvalue weighted by molar-refractivity contribution is 7.15. The van der Waals surface area contributed by atoms with E-state index in [0.29, 0.717) is 15.3 Å². The Morgan fingerprint density at radius 2 is 1.93 bits per heavy atom. The van der Waals surface area contributed by atoms with Crippen molar-refractivity contribution in [2.24, 2.45) is 11.3 Å². The molecule has 1 saturated carbocycles. The molecule has 5 nitrogen and oxygen atoms in total. The second-order valence-corrected chi connectivity index (χ2v) is 9.86. The van der Waals surface area contributed by atoms with Gasteiger partial charge >= 0.3 is 0 Å². The van der Waals surface area contributed by atoms with Crippen molar-refractivity contribution in [1.29, 1.82) is 0 Å². The Bertz CT molecular complexity index is 1170. The molecule has 0 saturated heterocycles. The Kier molecular flexibility index (Phi) is 4.76. The van der Waals surface area contributed by atoms with Crippen molar-refractivity contribution in [2.45, 2.75) is 19.8 Å². The van der Waals surface area contributed by atoms with Crippen molar-refractivity contribution in [3.05, 3.63) is 61.1 Å². The van der Waals surface area contributed by atoms with E-state index in [1.54, 1.807) is 0 Å². The molecule has 2 aromatic heterocycles. The normalized spacial score (nSPS) is 21.1. The van der Waals surface area contributed by atoms with Crippen molar-refractivity contribution in [3.63, 3.8) is 0 Å². The molecule has 0 amide bonds. The van der Waals surface area contributed by atoms with Crippen LogP contribution in [-0.4, -0.2) is 28.7 Å². The molecule has 0 radical (unpaired) electrons. The predicted molar refractivity (Wildman–Crippen MR) is 116 cm³/mol. The summed E-state index contributed by atoms with van der Waals surface area (Å²) in [6.45, 7) is 4.25. The Morgan fingerprint density at radius 3 is 2.50 bits per heavy atom. The van der Waals surface area contributed by atoms with Gasteiger partial charge < -0.3 is 4.90 Å². The molecule has 8 heteroatoms. The molecule has 0 bridgehead atoms. The maximum absolute atomic E-state index is 12.8. The molecule has 1 fully saturated rings. The van der Waals surface area contributed by atoms with Gasteiger partial charge in [0.2, 0.25) is 4.96 Å². The third-order valence-electron chi connectivity index (χ3n) is 5.40. The zero-order valence-electron chi connectivity index (χ0n) is 16.0. The summed E-state index contributed by atoms with van der Waals surface area (Å²) in [6, 6.07) is 8.04. The van der Waals surface area contributed by atoms with Gasteiger partial charge in [-0.25, -0.2) is 4.98 Å². The van der Waals surface area contributed by atoms with E-state index in [1.165, 1.54) is 15.9 Å². The van der Waals surface area contributed by atoms with Crippen LogP contribution in [0.15, 0.2) is 39.6 Å². The first-order valence-electron chi connectivity index (χ1n) is 8.90. The van der Waals surface area contributed by atoms with E-state index in [-0.39, 0.29) is 27.3 Å². The first kappa shape index (κ1) is 19.4. The van der Waals surface area contributed by atoms with Crippen LogP contribution in [0.2, 0.25) is 0 Å². The van der Waals surface area contributed by atoms with Crippen LogP contribution < -0.4 is 15.0 Å². The quantitative estimate of drug-likeness (QED) is 0.625. The van der Waals surface area contributed by atoms with Crippen molar-refractivity contribution in [2.75, 3.05) is 19.0 Å². The number of benzene rings is 1. The number of aromatic nitrogens is 3. The van der Waals surface area contributed by atoms with Gasteiger partial charge in [-0.3, -0.25) is 4.79 Å². The maximum Gasteiger partial charge on any atom is 0.291 e. The van der Waals surface area contributed by atoms with E-state index in [9.17, 15) is 4.79 Å². The summed E-state index contributed by atoms with van der Waals surface area (Å²) < 4.78 is 2.27. The molecule has 1 aliphatic carbocycles. The van der Waals surface area contributed by atoms with Gasteiger partial charge in [-0.15, -0.1) is 5.10 Å². The second kappa shape index (κ2) is 6.87. The summed E-state index contributed by atoms with van der Waals surface area (Å²) in [6.07, 6.45) is 3.71. The molecule has 0 N–H and O–H groups in total. The highest BCUT2D eigenvalue weighted by atomic mass is 35.5. The minimum absolute atomic E-state index is 0.0295. The topological polar surface area (TPSA) is 50.5 Å². The van der Waals surface area contributed by atoms with Gasteiger partial charge in [0.25, 0.3) is 5.56 Å². The molecule has 3 aromatic rings. The summed E-state index contributed by atoms with van der Waals surface area (Å²) in [5.74, 6) is 0.953. The first-order chi connectivity index (χ1) is 13.2. The average molecular weight is 435 g/mol. The van der Waals surface area contributed by atoms with Crippen LogP contribution in [0.4, 0.5) is 5.69 Å². The van der Waals surface area contributed by atoms with Crippen LogP contribution >= 0.6 is 34.5 Å². The molecular formula is C20H20Cl2N4OS. The SMILES string of the molecule is CN(C)c1ccc(/C=c2/sc3nc([C@@H]4[C@@H](C=C(Cl)Cl)C4(C)C)nn3c2=O)cc1. The van der Waals surface area contributed by atoms with Crippen LogP contribution in [0, 0.1) is 11.3 Å². The van der Waals surface area contributed by atoms with Crippen LogP contribution in [0.25, 0.3) is 11.0 Å². The third-order valence-corrected chi connectivity index (χ3v) is 6.61. The van der Waals surface area contributed by atoms with E-state index < -0.39 is 0 Å². The van der Waals surface area contributed by atoms with Gasteiger partial charge in [0.05, 0.1) is 4.53 Å². The largest absolute Gasteiger partial charge is 0.378 e. The summed E-state index contributed by atoms with van der Waals surface area (Å²) in [4.78, 5) is 20.0. The number of hydrogen-bond donors (Lipinski definition) is 0. The van der Waals surface area contributed by atoms with E-state index in [2.05, 4.69) is 23.9 Å². The maximum atomic E-state index is 12.8. The first-order valence-corrected chi connectivity index (χ1v) is 10.5. The lowest BCUT2D eigenvalue weighted by Gasteiger charge is -2.11. The van der Waals surface area contributed by atoms with Crippen LogP contribution in [0.5, 0.6) is 0 Å². The second-order valence-electron chi connectivity index (χ2n) is 7.85. The Labute approximate surface area is 176 Å². The van der Waals surface area contributed by atoms with E-state index in [0.717, 1.165) is 11.3 Å². The predicted octanol–water partition coefficient (Wildman–Crippen LogP) is 3.82. The zero-order valence-corrected chi connectivity index (χ0v) is 18.3. The van der Waals surface area contributed by atoms with E-state index in [4.69, 9.17) is 23.2 Å². The van der Waals surface area contributed by atoms with Gasteiger partial charge in [-0.1, -0.05) is 60.5 Å². The summed E-state index contributed by atoms with van der Waals surface area (Å²) in [5, 5.41) is 4.49. The fraction of sp³-hybridized carbons (Fsp3) is 0.350. The van der Waals surface area contributed by atoms with E-state index >= 15 is 0 Å². The van der Waals surface area contributed by atoms with Gasteiger partial charge in [0.15, 0.2) is 5.82 Å². The number of rotatable bonds is 4. The molecule has 4 rings (SSSR count). The average Bonchev–Trinajstić information content (AvgIpc) is 2.91. The standard InChI is InChI=1S/C20H20Cl2N4OS/c1-20(2)13(10-15(21)22)16(20)17-23-19-26(24-17)18(27)14(28-19)9-11-5-7-12(8-6-11)25(3)4/h5-10,13,16H,1-4H3/b14-9+/t13-,16+/m1/s1. The summed E-state index contributed by atoms with van der Waals surface area (Å²) in [7, 11) is 3.99. The minimum Gasteiger partial charge on any atom is -0.378 e. The van der Waals surface area contributed by atoms with Crippen LogP contribution in [0.3, 0.4) is 0 Å². The molecule has 1 aliphatic rings. The molecule has 28 heavy (non-hydrogen) atoms. The highest BCUT2D eigenvalue weighted by Crippen LogP contribution is 2.64. The molecule has 0 aliphatic heterocycles. The zero-order chi connectivity index (χ0) is 20.2. The monoisotopic (exact) mass is 434 g/mol. The number of halogens is 2. The van der Waals surface area contributed by atoms with Gasteiger partial charge in [-0.2, -0.15) is 4.52 Å². The summed E-state index contributed by atoms with van der Waals surface area (Å²) >= 11 is 13.0. The van der Waals surface area contributed by atoms with Crippen molar-refractivity contribution >= 4 is 51.3 Å². The van der Waals surface area contributed by atoms with Crippen LogP contribution in [-0.2, 0) is 0 Å². The minimum atomic E-state index is -0.142. The lowest BCUT2D eigenvalue weighted by Crippen LogP contribution is -2.23. The number of hydrogen-bond acceptors (Lipinski definition) is 5. The third kappa shape index (κ3) is 3.34. The number of nitrogens with zero attached hydrogens (tertiary/aromatic N) is 4. The molecule has 0 unspecified atom stereocenters. The Hall–Kier alpha value is -1.89. The lowest BCUT2D eigenvalue weighted by atomic mass is 10.1. The smallest absolute Gasteiger partial charge is 0.291 e. The van der Waals surface area contributed by atoms with E-state index in [1.807, 2.05) is 55.4 Å². The Balaban J connectivity index is 1.68. The molecule has 146 valence electrons. The van der Waals surface area contributed by atoms with Crippen molar-refractivity contribution in [3.8, 4) is 0 Å². The molecule has 2 heterocycles. The molecule has 2 atom stereocenters. The van der Waals surface area contributed by atoms with Gasteiger partial charge in [0.1, 0.15) is 4.49 Å². The van der Waals surface area contributed by atoms with Crippen molar-refractivity contribution < 1.29 is 0 Å². The summed E-state index contributed by atoms with van der Waals surface area (Å²) in [5.41, 5.74) is 1.91. The fourth-order valence-electron chi connectivity index (χ4n) is 3.62. The highest BCUT2D eigenvalue weighted by Gasteiger charge is 2.59. The fourth-order valence-corrected chi connectivity index (χ4v) is 4.80. The molecule has 0 spiro atoms. The Morgan fingerprint density at radius 1 is 1.25 bits per heavy atom. The number of allylic oxidation sites excluding steroid dienone is 1. The lowest BCUT2D eigenvalue weighted by molar-refractivity contribution is 0.585.